The number of unbranched alkanes of at least 4 members (excludes halogenated alkanes) is 5. The van der Waals surface area contributed by atoms with E-state index in [0.717, 1.165) is 30.0 Å². The molecular weight excluding hydrogens is 343 g/mol. The molecule has 0 bridgehead atoms. The molecule has 0 N–H and O–H groups in total. The molecule has 24 heavy (non-hydrogen) atoms. The summed E-state index contributed by atoms with van der Waals surface area (Å²) >= 11 is 0. The van der Waals surface area contributed by atoms with Gasteiger partial charge in [-0.2, -0.15) is 0 Å². The first kappa shape index (κ1) is 20.8. The van der Waals surface area contributed by atoms with E-state index in [1.165, 1.54) is 55.7 Å². The Morgan fingerprint density at radius 1 is 0.750 bits per heavy atom. The maximum Gasteiger partial charge on any atom is 2.00 e. The van der Waals surface area contributed by atoms with Crippen LogP contribution >= 0.6 is 0 Å². The number of benzene rings is 2. The van der Waals surface area contributed by atoms with Crippen LogP contribution in [-0.4, -0.2) is 0 Å². The Morgan fingerprint density at radius 3 is 2.08 bits per heavy atom. The van der Waals surface area contributed by atoms with Crippen LogP contribution in [0.5, 0.6) is 11.5 Å². The van der Waals surface area contributed by atoms with Gasteiger partial charge in [-0.1, -0.05) is 70.2 Å². The summed E-state index contributed by atoms with van der Waals surface area (Å²) in [5.41, 5.74) is 2.66. The van der Waals surface area contributed by atoms with Gasteiger partial charge in [-0.05, 0) is 47.6 Å². The predicted octanol–water partition coefficient (Wildman–Crippen LogP) is 4.84. The van der Waals surface area contributed by atoms with E-state index in [2.05, 4.69) is 19.9 Å². The van der Waals surface area contributed by atoms with Gasteiger partial charge in [0.25, 0.3) is 0 Å². The molecule has 2 aromatic carbocycles. The Labute approximate surface area is 156 Å². The second-order valence-corrected chi connectivity index (χ2v) is 6.49. The number of hydrogen-bond acceptors (Lipinski definition) is 2. The SMILES string of the molecule is CCCCCCc1ccc2cc([O-])c([O-])cc2c1CCCCC.[Ni+2]. The van der Waals surface area contributed by atoms with Crippen molar-refractivity contribution in [3.8, 4) is 11.5 Å². The van der Waals surface area contributed by atoms with Crippen molar-refractivity contribution in [3.63, 3.8) is 0 Å². The molecular formula is C21H28NiO2. The summed E-state index contributed by atoms with van der Waals surface area (Å²) in [6.07, 6.45) is 10.6. The summed E-state index contributed by atoms with van der Waals surface area (Å²) < 4.78 is 0. The van der Waals surface area contributed by atoms with Crippen molar-refractivity contribution in [1.29, 1.82) is 0 Å². The fraction of sp³-hybridized carbons (Fsp3) is 0.524. The van der Waals surface area contributed by atoms with Crippen molar-refractivity contribution in [2.24, 2.45) is 0 Å². The van der Waals surface area contributed by atoms with Gasteiger partial charge in [-0.25, -0.2) is 0 Å². The quantitative estimate of drug-likeness (QED) is 0.468. The zero-order valence-electron chi connectivity index (χ0n) is 14.8. The molecule has 2 nitrogen and oxygen atoms in total. The molecule has 2 rings (SSSR count). The average molecular weight is 371 g/mol. The molecule has 0 spiro atoms. The number of fused-ring (bicyclic) bond motifs is 1. The Bertz CT molecular complexity index is 637. The van der Waals surface area contributed by atoms with Gasteiger partial charge in [0.1, 0.15) is 0 Å². The van der Waals surface area contributed by atoms with Crippen LogP contribution in [0.25, 0.3) is 10.8 Å². The van der Waals surface area contributed by atoms with Crippen LogP contribution in [-0.2, 0) is 29.3 Å². The van der Waals surface area contributed by atoms with Crippen LogP contribution in [0.2, 0.25) is 0 Å². The zero-order valence-corrected chi connectivity index (χ0v) is 15.8. The van der Waals surface area contributed by atoms with Crippen LogP contribution in [0.3, 0.4) is 0 Å². The van der Waals surface area contributed by atoms with E-state index >= 15 is 0 Å². The van der Waals surface area contributed by atoms with Gasteiger partial charge in [-0.3, -0.25) is 0 Å². The molecule has 0 heterocycles. The molecule has 0 unspecified atom stereocenters. The second kappa shape index (κ2) is 10.6. The summed E-state index contributed by atoms with van der Waals surface area (Å²) in [7, 11) is 0. The summed E-state index contributed by atoms with van der Waals surface area (Å²) in [6.45, 7) is 4.43. The molecule has 0 aliphatic carbocycles. The Hall–Kier alpha value is -1.21. The molecule has 0 aliphatic heterocycles. The minimum absolute atomic E-state index is 0. The molecule has 0 saturated heterocycles. The van der Waals surface area contributed by atoms with Gasteiger partial charge in [-0.15, -0.1) is 11.5 Å². The fourth-order valence-corrected chi connectivity index (χ4v) is 3.26. The van der Waals surface area contributed by atoms with Gasteiger partial charge >= 0.3 is 16.5 Å². The summed E-state index contributed by atoms with van der Waals surface area (Å²) in [5, 5.41) is 25.3. The minimum Gasteiger partial charge on any atom is -0.873 e. The predicted molar refractivity (Wildman–Crippen MR) is 93.9 cm³/mol. The normalized spacial score (nSPS) is 10.8. The van der Waals surface area contributed by atoms with Crippen molar-refractivity contribution in [3.05, 3.63) is 35.4 Å². The van der Waals surface area contributed by atoms with E-state index in [9.17, 15) is 10.2 Å². The Balaban J connectivity index is 0.00000288. The summed E-state index contributed by atoms with van der Waals surface area (Å²) in [6, 6.07) is 7.24. The van der Waals surface area contributed by atoms with E-state index < -0.39 is 5.75 Å². The molecule has 0 radical (unpaired) electrons. The van der Waals surface area contributed by atoms with Crippen molar-refractivity contribution in [2.75, 3.05) is 0 Å². The van der Waals surface area contributed by atoms with Crippen LogP contribution in [0.4, 0.5) is 0 Å². The minimum atomic E-state index is -0.396. The van der Waals surface area contributed by atoms with Crippen LogP contribution in [0, 0.1) is 0 Å². The first-order chi connectivity index (χ1) is 11.2. The molecule has 2 aromatic rings. The molecule has 3 heteroatoms. The van der Waals surface area contributed by atoms with E-state index in [1.54, 1.807) is 6.07 Å². The molecule has 0 amide bonds. The Morgan fingerprint density at radius 2 is 1.38 bits per heavy atom. The van der Waals surface area contributed by atoms with Gasteiger partial charge in [0, 0.05) is 0 Å². The maximum atomic E-state index is 11.8. The third-order valence-electron chi connectivity index (χ3n) is 4.62. The third kappa shape index (κ3) is 5.41. The van der Waals surface area contributed by atoms with Crippen LogP contribution < -0.4 is 10.2 Å². The monoisotopic (exact) mass is 370 g/mol. The van der Waals surface area contributed by atoms with Crippen molar-refractivity contribution < 1.29 is 26.7 Å². The number of rotatable bonds is 9. The molecule has 0 fully saturated rings. The second-order valence-electron chi connectivity index (χ2n) is 6.49. The summed E-state index contributed by atoms with van der Waals surface area (Å²) in [5.74, 6) is -0.773. The van der Waals surface area contributed by atoms with Gasteiger partial charge < -0.3 is 10.2 Å². The van der Waals surface area contributed by atoms with Crippen molar-refractivity contribution in [1.82, 2.24) is 0 Å². The first-order valence-corrected chi connectivity index (χ1v) is 9.09. The molecule has 0 saturated carbocycles. The van der Waals surface area contributed by atoms with Crippen LogP contribution in [0.1, 0.15) is 69.9 Å². The Kier molecular flexibility index (Phi) is 9.22. The smallest absolute Gasteiger partial charge is 0.873 e. The molecule has 134 valence electrons. The van der Waals surface area contributed by atoms with Gasteiger partial charge in [0.05, 0.1) is 0 Å². The molecule has 0 aliphatic rings. The van der Waals surface area contributed by atoms with E-state index in [4.69, 9.17) is 0 Å². The number of hydrogen-bond donors (Lipinski definition) is 0. The molecule has 0 atom stereocenters. The van der Waals surface area contributed by atoms with E-state index in [-0.39, 0.29) is 22.2 Å². The first-order valence-electron chi connectivity index (χ1n) is 9.09. The van der Waals surface area contributed by atoms with Crippen LogP contribution in [0.15, 0.2) is 24.3 Å². The average Bonchev–Trinajstić information content (AvgIpc) is 2.54. The zero-order chi connectivity index (χ0) is 16.7. The van der Waals surface area contributed by atoms with Gasteiger partial charge in [0.15, 0.2) is 0 Å². The van der Waals surface area contributed by atoms with E-state index in [1.807, 2.05) is 6.07 Å². The topological polar surface area (TPSA) is 46.1 Å². The van der Waals surface area contributed by atoms with E-state index in [0.29, 0.717) is 0 Å². The maximum absolute atomic E-state index is 11.8. The van der Waals surface area contributed by atoms with Gasteiger partial charge in [0.2, 0.25) is 0 Å². The van der Waals surface area contributed by atoms with Crippen molar-refractivity contribution in [2.45, 2.75) is 71.6 Å². The largest absolute Gasteiger partial charge is 2.00 e. The molecule has 0 aromatic heterocycles. The standard InChI is InChI=1S/C21H30O2.Ni/c1-3-5-7-9-10-16-12-13-17-14-20(22)21(23)15-19(17)18(16)11-8-6-4-2;/h12-15,22-23H,3-11H2,1-2H3;/q;+2/p-2. The third-order valence-corrected chi connectivity index (χ3v) is 4.62. The van der Waals surface area contributed by atoms with Crippen molar-refractivity contribution >= 4 is 10.8 Å². The number of aryl methyl sites for hydroxylation is 2. The fourth-order valence-electron chi connectivity index (χ4n) is 3.26. The summed E-state index contributed by atoms with van der Waals surface area (Å²) in [4.78, 5) is 0.